The Kier molecular flexibility index (Phi) is 4.03. The molecule has 0 bridgehead atoms. The lowest BCUT2D eigenvalue weighted by atomic mass is 10.1. The van der Waals surface area contributed by atoms with Crippen LogP contribution in [0.5, 0.6) is 0 Å². The summed E-state index contributed by atoms with van der Waals surface area (Å²) in [5.41, 5.74) is 2.92. The number of halogens is 2. The Balaban J connectivity index is 2.21. The SMILES string of the molecule is Cc1ccc(Cl)c(NCc2cc(F)ccc2C#N)c1. The molecule has 0 spiro atoms. The summed E-state index contributed by atoms with van der Waals surface area (Å²) >= 11 is 6.07. The van der Waals surface area contributed by atoms with Gasteiger partial charge in [-0.2, -0.15) is 5.26 Å². The van der Waals surface area contributed by atoms with Crippen LogP contribution >= 0.6 is 11.6 Å². The highest BCUT2D eigenvalue weighted by atomic mass is 35.5. The van der Waals surface area contributed by atoms with Crippen molar-refractivity contribution in [3.05, 3.63) is 63.9 Å². The molecule has 0 aromatic heterocycles. The Labute approximate surface area is 116 Å². The van der Waals surface area contributed by atoms with Crippen LogP contribution < -0.4 is 5.32 Å². The van der Waals surface area contributed by atoms with E-state index in [0.717, 1.165) is 11.3 Å². The minimum atomic E-state index is -0.355. The summed E-state index contributed by atoms with van der Waals surface area (Å²) in [5, 5.41) is 12.7. The van der Waals surface area contributed by atoms with Crippen LogP contribution in [0.1, 0.15) is 16.7 Å². The first-order valence-electron chi connectivity index (χ1n) is 5.78. The van der Waals surface area contributed by atoms with Gasteiger partial charge in [0, 0.05) is 6.54 Å². The molecule has 2 aromatic rings. The third-order valence-corrected chi connectivity index (χ3v) is 3.11. The summed E-state index contributed by atoms with van der Waals surface area (Å²) in [7, 11) is 0. The number of aryl methyl sites for hydroxylation is 1. The van der Waals surface area contributed by atoms with E-state index in [1.54, 1.807) is 6.07 Å². The number of nitrogens with one attached hydrogen (secondary N) is 1. The van der Waals surface area contributed by atoms with Crippen LogP contribution in [0.25, 0.3) is 0 Å². The fourth-order valence-electron chi connectivity index (χ4n) is 1.78. The van der Waals surface area contributed by atoms with Crippen LogP contribution in [0, 0.1) is 24.1 Å². The predicted molar refractivity (Wildman–Crippen MR) is 74.6 cm³/mol. The number of rotatable bonds is 3. The normalized spacial score (nSPS) is 10.0. The minimum absolute atomic E-state index is 0.351. The van der Waals surface area contributed by atoms with E-state index in [2.05, 4.69) is 5.32 Å². The summed E-state index contributed by atoms with van der Waals surface area (Å²) in [6, 6.07) is 11.8. The molecule has 0 atom stereocenters. The van der Waals surface area contributed by atoms with E-state index in [9.17, 15) is 4.39 Å². The first kappa shape index (κ1) is 13.4. The van der Waals surface area contributed by atoms with Gasteiger partial charge in [-0.15, -0.1) is 0 Å². The molecular weight excluding hydrogens is 263 g/mol. The second kappa shape index (κ2) is 5.73. The van der Waals surface area contributed by atoms with Crippen molar-refractivity contribution in [3.8, 4) is 6.07 Å². The van der Waals surface area contributed by atoms with Crippen molar-refractivity contribution in [1.29, 1.82) is 5.26 Å². The molecule has 19 heavy (non-hydrogen) atoms. The second-order valence-corrected chi connectivity index (χ2v) is 4.66. The van der Waals surface area contributed by atoms with Gasteiger partial charge in [0.25, 0.3) is 0 Å². The summed E-state index contributed by atoms with van der Waals surface area (Å²) in [5.74, 6) is -0.355. The van der Waals surface area contributed by atoms with Crippen molar-refractivity contribution in [2.24, 2.45) is 0 Å². The first-order chi connectivity index (χ1) is 9.10. The lowest BCUT2D eigenvalue weighted by molar-refractivity contribution is 0.625. The highest BCUT2D eigenvalue weighted by molar-refractivity contribution is 6.33. The summed E-state index contributed by atoms with van der Waals surface area (Å²) in [4.78, 5) is 0. The maximum absolute atomic E-state index is 13.2. The molecule has 2 rings (SSSR count). The molecule has 4 heteroatoms. The summed E-state index contributed by atoms with van der Waals surface area (Å²) in [6.07, 6.45) is 0. The van der Waals surface area contributed by atoms with Crippen LogP contribution in [0.2, 0.25) is 5.02 Å². The van der Waals surface area contributed by atoms with E-state index < -0.39 is 0 Å². The van der Waals surface area contributed by atoms with Gasteiger partial charge < -0.3 is 5.32 Å². The smallest absolute Gasteiger partial charge is 0.123 e. The molecule has 0 aliphatic heterocycles. The van der Waals surface area contributed by atoms with E-state index in [1.807, 2.05) is 25.1 Å². The molecule has 0 aliphatic carbocycles. The molecule has 0 radical (unpaired) electrons. The molecule has 2 nitrogen and oxygen atoms in total. The Morgan fingerprint density at radius 1 is 1.26 bits per heavy atom. The van der Waals surface area contributed by atoms with Gasteiger partial charge in [-0.1, -0.05) is 17.7 Å². The molecular formula is C15H12ClFN2. The molecule has 0 unspecified atom stereocenters. The van der Waals surface area contributed by atoms with Crippen molar-refractivity contribution in [3.63, 3.8) is 0 Å². The molecule has 0 aliphatic rings. The van der Waals surface area contributed by atoms with Crippen LogP contribution in [-0.2, 0) is 6.54 Å². The molecule has 2 aromatic carbocycles. The van der Waals surface area contributed by atoms with E-state index in [1.165, 1.54) is 18.2 Å². The van der Waals surface area contributed by atoms with Crippen molar-refractivity contribution in [1.82, 2.24) is 0 Å². The average molecular weight is 275 g/mol. The zero-order chi connectivity index (χ0) is 13.8. The number of benzene rings is 2. The molecule has 0 amide bonds. The Morgan fingerprint density at radius 3 is 2.79 bits per heavy atom. The molecule has 1 N–H and O–H groups in total. The third kappa shape index (κ3) is 3.24. The summed E-state index contributed by atoms with van der Waals surface area (Å²) in [6.45, 7) is 2.31. The fraction of sp³-hybridized carbons (Fsp3) is 0.133. The first-order valence-corrected chi connectivity index (χ1v) is 6.16. The van der Waals surface area contributed by atoms with E-state index in [4.69, 9.17) is 16.9 Å². The Hall–Kier alpha value is -2.05. The monoisotopic (exact) mass is 274 g/mol. The lowest BCUT2D eigenvalue weighted by Gasteiger charge is -2.10. The predicted octanol–water partition coefficient (Wildman–Crippen LogP) is 4.27. The van der Waals surface area contributed by atoms with Crippen LogP contribution in [0.3, 0.4) is 0 Å². The van der Waals surface area contributed by atoms with Crippen LogP contribution in [0.4, 0.5) is 10.1 Å². The van der Waals surface area contributed by atoms with Crippen LogP contribution in [0.15, 0.2) is 36.4 Å². The van der Waals surface area contributed by atoms with E-state index in [0.29, 0.717) is 22.7 Å². The number of nitriles is 1. The van der Waals surface area contributed by atoms with Gasteiger partial charge >= 0.3 is 0 Å². The average Bonchev–Trinajstić information content (AvgIpc) is 2.40. The molecule has 0 saturated heterocycles. The minimum Gasteiger partial charge on any atom is -0.380 e. The largest absolute Gasteiger partial charge is 0.380 e. The van der Waals surface area contributed by atoms with Gasteiger partial charge in [-0.05, 0) is 48.4 Å². The van der Waals surface area contributed by atoms with E-state index >= 15 is 0 Å². The van der Waals surface area contributed by atoms with Crippen LogP contribution in [-0.4, -0.2) is 0 Å². The standard InChI is InChI=1S/C15H12ClFN2/c1-10-2-5-14(16)15(6-10)19-9-12-7-13(17)4-3-11(12)8-18/h2-7,19H,9H2,1H3. The third-order valence-electron chi connectivity index (χ3n) is 2.78. The van der Waals surface area contributed by atoms with Crippen molar-refractivity contribution in [2.75, 3.05) is 5.32 Å². The van der Waals surface area contributed by atoms with E-state index in [-0.39, 0.29) is 5.82 Å². The second-order valence-electron chi connectivity index (χ2n) is 4.25. The Morgan fingerprint density at radius 2 is 2.05 bits per heavy atom. The van der Waals surface area contributed by atoms with Gasteiger partial charge in [0.1, 0.15) is 5.82 Å². The van der Waals surface area contributed by atoms with Gasteiger partial charge in [0.2, 0.25) is 0 Å². The fourth-order valence-corrected chi connectivity index (χ4v) is 1.97. The quantitative estimate of drug-likeness (QED) is 0.907. The highest BCUT2D eigenvalue weighted by Gasteiger charge is 2.05. The van der Waals surface area contributed by atoms with Gasteiger partial charge in [0.05, 0.1) is 22.3 Å². The number of nitrogens with zero attached hydrogens (tertiary/aromatic N) is 1. The summed E-state index contributed by atoms with van der Waals surface area (Å²) < 4.78 is 13.2. The maximum Gasteiger partial charge on any atom is 0.123 e. The molecule has 0 fully saturated rings. The zero-order valence-electron chi connectivity index (χ0n) is 10.4. The number of hydrogen-bond acceptors (Lipinski definition) is 2. The lowest BCUT2D eigenvalue weighted by Crippen LogP contribution is -2.03. The molecule has 96 valence electrons. The number of hydrogen-bond donors (Lipinski definition) is 1. The van der Waals surface area contributed by atoms with Crippen molar-refractivity contribution >= 4 is 17.3 Å². The van der Waals surface area contributed by atoms with Gasteiger partial charge in [-0.25, -0.2) is 4.39 Å². The molecule has 0 heterocycles. The Bertz CT molecular complexity index is 647. The van der Waals surface area contributed by atoms with Crippen molar-refractivity contribution in [2.45, 2.75) is 13.5 Å². The van der Waals surface area contributed by atoms with Gasteiger partial charge in [-0.3, -0.25) is 0 Å². The number of anilines is 1. The molecule has 0 saturated carbocycles. The highest BCUT2D eigenvalue weighted by Crippen LogP contribution is 2.23. The van der Waals surface area contributed by atoms with Gasteiger partial charge in [0.15, 0.2) is 0 Å². The van der Waals surface area contributed by atoms with Crippen molar-refractivity contribution < 1.29 is 4.39 Å². The zero-order valence-corrected chi connectivity index (χ0v) is 11.1. The topological polar surface area (TPSA) is 35.8 Å². The maximum atomic E-state index is 13.2.